The maximum atomic E-state index is 3.34. The highest BCUT2D eigenvalue weighted by molar-refractivity contribution is 9.25. The highest BCUT2D eigenvalue weighted by Crippen LogP contribution is 2.18. The summed E-state index contributed by atoms with van der Waals surface area (Å²) in [5.74, 6) is 0. The SMILES string of the molecule is C[C@H](Br)C(Br)Br. The molecule has 0 radical (unpaired) electrons. The Morgan fingerprint density at radius 1 is 1.17 bits per heavy atom. The zero-order chi connectivity index (χ0) is 5.15. The summed E-state index contributed by atoms with van der Waals surface area (Å²) in [6.07, 6.45) is 0. The summed E-state index contributed by atoms with van der Waals surface area (Å²) in [5, 5.41) is 0. The molecule has 0 rings (SSSR count). The third kappa shape index (κ3) is 3.62. The molecule has 0 fully saturated rings. The van der Waals surface area contributed by atoms with Crippen molar-refractivity contribution in [2.45, 2.75) is 15.5 Å². The Hall–Kier alpha value is 1.44. The maximum Gasteiger partial charge on any atom is 0.0819 e. The monoisotopic (exact) mass is 278 g/mol. The number of alkyl halides is 3. The molecule has 0 aromatic rings. The minimum atomic E-state index is 0.394. The smallest absolute Gasteiger partial charge is 0.0819 e. The number of hydrogen-bond donors (Lipinski definition) is 0. The molecule has 0 unspecified atom stereocenters. The Kier molecular flexibility index (Phi) is 4.27. The van der Waals surface area contributed by atoms with Crippen LogP contribution in [-0.2, 0) is 0 Å². The Labute approximate surface area is 63.1 Å². The van der Waals surface area contributed by atoms with Crippen molar-refractivity contribution < 1.29 is 0 Å². The number of halogens is 3. The van der Waals surface area contributed by atoms with Gasteiger partial charge in [-0.2, -0.15) is 0 Å². The van der Waals surface area contributed by atoms with Gasteiger partial charge in [0, 0.05) is 4.83 Å². The molecule has 0 nitrogen and oxygen atoms in total. The van der Waals surface area contributed by atoms with Gasteiger partial charge >= 0.3 is 0 Å². The Morgan fingerprint density at radius 2 is 1.33 bits per heavy atom. The molecular weight excluding hydrogens is 276 g/mol. The lowest BCUT2D eigenvalue weighted by Gasteiger charge is -1.99. The van der Waals surface area contributed by atoms with E-state index in [0.717, 1.165) is 0 Å². The first-order valence-electron chi connectivity index (χ1n) is 1.57. The van der Waals surface area contributed by atoms with E-state index in [4.69, 9.17) is 0 Å². The van der Waals surface area contributed by atoms with Crippen LogP contribution in [0.25, 0.3) is 0 Å². The molecule has 0 aromatic carbocycles. The van der Waals surface area contributed by atoms with E-state index in [-0.39, 0.29) is 0 Å². The minimum absolute atomic E-state index is 0.394. The van der Waals surface area contributed by atoms with Crippen molar-refractivity contribution in [1.82, 2.24) is 0 Å². The van der Waals surface area contributed by atoms with E-state index < -0.39 is 0 Å². The summed E-state index contributed by atoms with van der Waals surface area (Å²) >= 11 is 9.96. The Morgan fingerprint density at radius 3 is 1.33 bits per heavy atom. The van der Waals surface area contributed by atoms with E-state index in [9.17, 15) is 0 Å². The van der Waals surface area contributed by atoms with Gasteiger partial charge in [0.15, 0.2) is 0 Å². The van der Waals surface area contributed by atoms with Gasteiger partial charge in [-0.1, -0.05) is 54.7 Å². The fourth-order valence-corrected chi connectivity index (χ4v) is 0. The van der Waals surface area contributed by atoms with Gasteiger partial charge < -0.3 is 0 Å². The highest BCUT2D eigenvalue weighted by Gasteiger charge is 2.02. The maximum absolute atomic E-state index is 3.34. The van der Waals surface area contributed by atoms with Crippen LogP contribution in [-0.4, -0.2) is 8.56 Å². The molecule has 6 heavy (non-hydrogen) atoms. The lowest BCUT2D eigenvalue weighted by Crippen LogP contribution is -1.97. The van der Waals surface area contributed by atoms with E-state index in [0.29, 0.717) is 8.56 Å². The summed E-state index contributed by atoms with van der Waals surface area (Å²) in [5.41, 5.74) is 0. The van der Waals surface area contributed by atoms with Crippen LogP contribution >= 0.6 is 47.8 Å². The van der Waals surface area contributed by atoms with Crippen molar-refractivity contribution in [3.05, 3.63) is 0 Å². The van der Waals surface area contributed by atoms with Crippen molar-refractivity contribution in [3.63, 3.8) is 0 Å². The minimum Gasteiger partial charge on any atom is -0.0872 e. The molecule has 0 aromatic heterocycles. The van der Waals surface area contributed by atoms with Gasteiger partial charge in [0.25, 0.3) is 0 Å². The van der Waals surface area contributed by atoms with Crippen LogP contribution < -0.4 is 0 Å². The first-order chi connectivity index (χ1) is 2.64. The average molecular weight is 281 g/mol. The number of hydrogen-bond acceptors (Lipinski definition) is 0. The molecule has 0 N–H and O–H groups in total. The van der Waals surface area contributed by atoms with Gasteiger partial charge in [-0.15, -0.1) is 0 Å². The lowest BCUT2D eigenvalue weighted by atomic mass is 10.6. The quantitative estimate of drug-likeness (QED) is 0.648. The zero-order valence-electron chi connectivity index (χ0n) is 3.29. The van der Waals surface area contributed by atoms with Crippen molar-refractivity contribution in [2.75, 3.05) is 0 Å². The van der Waals surface area contributed by atoms with Gasteiger partial charge in [0.1, 0.15) is 0 Å². The van der Waals surface area contributed by atoms with E-state index >= 15 is 0 Å². The predicted octanol–water partition coefficient (Wildman–Crippen LogP) is 2.89. The summed E-state index contributed by atoms with van der Waals surface area (Å²) in [6.45, 7) is 2.06. The highest BCUT2D eigenvalue weighted by atomic mass is 79.9. The van der Waals surface area contributed by atoms with Gasteiger partial charge in [0.2, 0.25) is 0 Å². The van der Waals surface area contributed by atoms with E-state index in [1.165, 1.54) is 0 Å². The van der Waals surface area contributed by atoms with Gasteiger partial charge in [-0.3, -0.25) is 0 Å². The molecule has 0 amide bonds. The van der Waals surface area contributed by atoms with Crippen LogP contribution in [0.3, 0.4) is 0 Å². The van der Waals surface area contributed by atoms with Crippen LogP contribution in [0.2, 0.25) is 0 Å². The molecule has 0 heterocycles. The Balaban J connectivity index is 2.99. The first kappa shape index (κ1) is 7.44. The summed E-state index contributed by atoms with van der Waals surface area (Å²) in [6, 6.07) is 0. The van der Waals surface area contributed by atoms with E-state index in [1.54, 1.807) is 0 Å². The van der Waals surface area contributed by atoms with Crippen molar-refractivity contribution in [1.29, 1.82) is 0 Å². The van der Waals surface area contributed by atoms with Gasteiger partial charge in [-0.05, 0) is 0 Å². The standard InChI is InChI=1S/C3H5Br3/c1-2(4)3(5)6/h2-3H,1H3/t2-/m0/s1. The molecule has 1 atom stereocenters. The molecular formula is C3H5Br3. The van der Waals surface area contributed by atoms with E-state index in [2.05, 4.69) is 54.7 Å². The largest absolute Gasteiger partial charge is 0.0872 e. The van der Waals surface area contributed by atoms with E-state index in [1.807, 2.05) is 0 Å². The molecule has 0 aliphatic carbocycles. The molecule has 3 heteroatoms. The average Bonchev–Trinajstić information content (AvgIpc) is 1.36. The topological polar surface area (TPSA) is 0 Å². The Bertz CT molecular complexity index is 27.0. The van der Waals surface area contributed by atoms with Crippen LogP contribution in [0.4, 0.5) is 0 Å². The molecule has 0 saturated carbocycles. The lowest BCUT2D eigenvalue weighted by molar-refractivity contribution is 1.13. The van der Waals surface area contributed by atoms with Gasteiger partial charge in [0.05, 0.1) is 3.74 Å². The predicted molar refractivity (Wildman–Crippen MR) is 40.0 cm³/mol. The number of rotatable bonds is 1. The van der Waals surface area contributed by atoms with Crippen LogP contribution in [0, 0.1) is 0 Å². The van der Waals surface area contributed by atoms with Gasteiger partial charge in [-0.25, -0.2) is 0 Å². The van der Waals surface area contributed by atoms with Crippen molar-refractivity contribution in [2.24, 2.45) is 0 Å². The second-order valence-electron chi connectivity index (χ2n) is 1.01. The summed E-state index contributed by atoms with van der Waals surface area (Å²) in [4.78, 5) is 0.498. The zero-order valence-corrected chi connectivity index (χ0v) is 8.05. The molecule has 0 bridgehead atoms. The third-order valence-corrected chi connectivity index (χ3v) is 3.88. The second-order valence-corrected chi connectivity index (χ2v) is 5.66. The molecule has 0 aliphatic rings. The normalized spacial score (nSPS) is 15.5. The molecule has 0 aliphatic heterocycles. The third-order valence-electron chi connectivity index (χ3n) is 0.347. The molecule has 0 spiro atoms. The van der Waals surface area contributed by atoms with Crippen LogP contribution in [0.15, 0.2) is 0 Å². The van der Waals surface area contributed by atoms with Crippen molar-refractivity contribution >= 4 is 47.8 Å². The fraction of sp³-hybridized carbons (Fsp3) is 1.00. The summed E-state index contributed by atoms with van der Waals surface area (Å²) in [7, 11) is 0. The summed E-state index contributed by atoms with van der Waals surface area (Å²) < 4.78 is 0.394. The second kappa shape index (κ2) is 3.44. The van der Waals surface area contributed by atoms with Crippen LogP contribution in [0.5, 0.6) is 0 Å². The first-order valence-corrected chi connectivity index (χ1v) is 4.31. The molecule has 0 saturated heterocycles. The fourth-order valence-electron chi connectivity index (χ4n) is 0. The molecule has 38 valence electrons. The van der Waals surface area contributed by atoms with Crippen LogP contribution in [0.1, 0.15) is 6.92 Å². The van der Waals surface area contributed by atoms with Crippen molar-refractivity contribution in [3.8, 4) is 0 Å².